The number of carboxylic acid groups (broad SMARTS) is 1. The van der Waals surface area contributed by atoms with E-state index in [9.17, 15) is 20.1 Å². The summed E-state index contributed by atoms with van der Waals surface area (Å²) in [5.41, 5.74) is 5.11. The molecule has 1 aromatic rings. The van der Waals surface area contributed by atoms with E-state index in [2.05, 4.69) is 0 Å². The van der Waals surface area contributed by atoms with Gasteiger partial charge >= 0.3 is 5.97 Å². The predicted molar refractivity (Wildman–Crippen MR) is 71.0 cm³/mol. The molecule has 0 aromatic heterocycles. The van der Waals surface area contributed by atoms with Crippen molar-refractivity contribution in [3.63, 3.8) is 0 Å². The summed E-state index contributed by atoms with van der Waals surface area (Å²) in [5, 5.41) is 38.0. The largest absolute Gasteiger partial charge is 0.479 e. The molecule has 0 bridgehead atoms. The van der Waals surface area contributed by atoms with Gasteiger partial charge in [0.05, 0.1) is 0 Å². The van der Waals surface area contributed by atoms with Crippen LogP contribution in [0.2, 0.25) is 0 Å². The normalized spacial score (nSPS) is 33.9. The number of hydrogen-bond acceptors (Lipinski definition) is 7. The summed E-state index contributed by atoms with van der Waals surface area (Å²) in [6, 6.07) is 6.67. The van der Waals surface area contributed by atoms with Crippen LogP contribution in [-0.2, 0) is 9.53 Å². The molecule has 1 heterocycles. The van der Waals surface area contributed by atoms with Crippen molar-refractivity contribution in [1.82, 2.24) is 0 Å². The Morgan fingerprint density at radius 1 is 1.10 bits per heavy atom. The van der Waals surface area contributed by atoms with E-state index in [-0.39, 0.29) is 0 Å². The van der Waals surface area contributed by atoms with E-state index in [4.69, 9.17) is 15.6 Å². The summed E-state index contributed by atoms with van der Waals surface area (Å²) < 4.78 is 5.15. The smallest absolute Gasteiger partial charge is 0.335 e. The fourth-order valence-corrected chi connectivity index (χ4v) is 2.87. The van der Waals surface area contributed by atoms with Gasteiger partial charge in [-0.15, -0.1) is 0 Å². The molecule has 5 atom stereocenters. The first-order valence-electron chi connectivity index (χ1n) is 5.85. The van der Waals surface area contributed by atoms with Crippen molar-refractivity contribution in [2.24, 2.45) is 0 Å². The summed E-state index contributed by atoms with van der Waals surface area (Å²) in [6.07, 6.45) is -6.25. The van der Waals surface area contributed by atoms with E-state index in [1.165, 1.54) is 0 Å². The highest BCUT2D eigenvalue weighted by atomic mass is 32.2. The van der Waals surface area contributed by atoms with Crippen molar-refractivity contribution in [2.45, 2.75) is 34.7 Å². The first-order valence-corrected chi connectivity index (χ1v) is 6.73. The quantitative estimate of drug-likeness (QED) is 0.461. The van der Waals surface area contributed by atoms with Crippen molar-refractivity contribution in [2.75, 3.05) is 5.73 Å². The lowest BCUT2D eigenvalue weighted by Gasteiger charge is -2.38. The molecule has 110 valence electrons. The van der Waals surface area contributed by atoms with Crippen molar-refractivity contribution in [1.29, 1.82) is 0 Å². The molecule has 2 rings (SSSR count). The third-order valence-electron chi connectivity index (χ3n) is 2.95. The van der Waals surface area contributed by atoms with E-state index < -0.39 is 35.8 Å². The van der Waals surface area contributed by atoms with Gasteiger partial charge in [0, 0.05) is 10.6 Å². The number of carbonyl (C=O) groups is 1. The predicted octanol–water partition coefficient (Wildman–Crippen LogP) is -0.747. The van der Waals surface area contributed by atoms with Crippen molar-refractivity contribution >= 4 is 23.4 Å². The maximum absolute atomic E-state index is 11.0. The fraction of sp³-hybridized carbons (Fsp3) is 0.417. The maximum Gasteiger partial charge on any atom is 0.335 e. The average molecular weight is 301 g/mol. The van der Waals surface area contributed by atoms with Gasteiger partial charge in [0.25, 0.3) is 0 Å². The number of hydrogen-bond donors (Lipinski definition) is 5. The van der Waals surface area contributed by atoms with Gasteiger partial charge in [-0.3, -0.25) is 0 Å². The van der Waals surface area contributed by atoms with Crippen LogP contribution in [-0.4, -0.2) is 56.2 Å². The van der Waals surface area contributed by atoms with Crippen molar-refractivity contribution < 1.29 is 30.0 Å². The number of anilines is 1. The molecule has 1 saturated heterocycles. The topological polar surface area (TPSA) is 133 Å². The van der Waals surface area contributed by atoms with Gasteiger partial charge in [0.2, 0.25) is 0 Å². The second-order valence-electron chi connectivity index (χ2n) is 4.42. The molecule has 0 saturated carbocycles. The zero-order valence-corrected chi connectivity index (χ0v) is 11.1. The second kappa shape index (κ2) is 5.98. The Morgan fingerprint density at radius 2 is 1.70 bits per heavy atom. The number of aliphatic hydroxyl groups is 3. The van der Waals surface area contributed by atoms with Crippen LogP contribution in [0.25, 0.3) is 0 Å². The van der Waals surface area contributed by atoms with Crippen LogP contribution in [0.15, 0.2) is 29.2 Å². The minimum atomic E-state index is -1.68. The highest BCUT2D eigenvalue weighted by Gasteiger charge is 2.47. The molecule has 1 aromatic carbocycles. The Morgan fingerprint density at radius 3 is 2.25 bits per heavy atom. The van der Waals surface area contributed by atoms with Crippen LogP contribution in [0, 0.1) is 0 Å². The number of aliphatic hydroxyl groups excluding tert-OH is 3. The van der Waals surface area contributed by atoms with Gasteiger partial charge in [0.15, 0.2) is 6.10 Å². The molecule has 0 aliphatic carbocycles. The molecular weight excluding hydrogens is 286 g/mol. The Balaban J connectivity index is 2.13. The monoisotopic (exact) mass is 301 g/mol. The number of nitrogens with two attached hydrogens (primary N) is 1. The van der Waals surface area contributed by atoms with E-state index >= 15 is 0 Å². The number of carboxylic acids is 1. The molecule has 0 radical (unpaired) electrons. The second-order valence-corrected chi connectivity index (χ2v) is 5.59. The third kappa shape index (κ3) is 3.05. The van der Waals surface area contributed by atoms with Crippen LogP contribution in [0.1, 0.15) is 0 Å². The Hall–Kier alpha value is -1.32. The minimum absolute atomic E-state index is 0.568. The molecule has 1 aliphatic rings. The maximum atomic E-state index is 11.0. The number of ether oxygens (including phenoxy) is 1. The number of rotatable bonds is 3. The highest BCUT2D eigenvalue weighted by molar-refractivity contribution is 7.99. The zero-order valence-electron chi connectivity index (χ0n) is 10.3. The number of thioether (sulfide) groups is 1. The number of nitrogen functional groups attached to an aromatic ring is 1. The SMILES string of the molecule is Nc1ccc(S[C@@H]2O[C@H](C(=O)O)[C@@H](O)[C@H](O)[C@H]2O)cc1. The van der Waals surface area contributed by atoms with Gasteiger partial charge < -0.3 is 30.9 Å². The van der Waals surface area contributed by atoms with Gasteiger partial charge in [-0.25, -0.2) is 4.79 Å². The van der Waals surface area contributed by atoms with Crippen LogP contribution < -0.4 is 5.73 Å². The zero-order chi connectivity index (χ0) is 14.9. The standard InChI is InChI=1S/C12H15NO6S/c13-5-1-3-6(4-2-5)20-12-9(16)7(14)8(15)10(19-12)11(17)18/h1-4,7-10,12,14-16H,13H2,(H,17,18)/t7-,8-,9+,10-,12-/m0/s1. The summed E-state index contributed by atoms with van der Waals surface area (Å²) >= 11 is 1.05. The van der Waals surface area contributed by atoms with Crippen LogP contribution >= 0.6 is 11.8 Å². The Kier molecular flexibility index (Phi) is 4.51. The lowest BCUT2D eigenvalue weighted by molar-refractivity contribution is -0.209. The Bertz CT molecular complexity index is 481. The Labute approximate surface area is 119 Å². The first-order chi connectivity index (χ1) is 9.40. The molecule has 6 N–H and O–H groups in total. The number of aliphatic carboxylic acids is 1. The highest BCUT2D eigenvalue weighted by Crippen LogP contribution is 2.33. The van der Waals surface area contributed by atoms with E-state index in [1.807, 2.05) is 0 Å². The summed E-state index contributed by atoms with van der Waals surface area (Å²) in [4.78, 5) is 11.6. The first kappa shape index (κ1) is 15.1. The summed E-state index contributed by atoms with van der Waals surface area (Å²) in [5.74, 6) is -1.40. The molecule has 1 aliphatic heterocycles. The van der Waals surface area contributed by atoms with Crippen molar-refractivity contribution in [3.05, 3.63) is 24.3 Å². The molecule has 8 heteroatoms. The molecule has 7 nitrogen and oxygen atoms in total. The lowest BCUT2D eigenvalue weighted by Crippen LogP contribution is -2.58. The van der Waals surface area contributed by atoms with E-state index in [0.29, 0.717) is 10.6 Å². The summed E-state index contributed by atoms with van der Waals surface area (Å²) in [7, 11) is 0. The fourth-order valence-electron chi connectivity index (χ4n) is 1.83. The molecule has 0 spiro atoms. The number of benzene rings is 1. The van der Waals surface area contributed by atoms with Crippen LogP contribution in [0.3, 0.4) is 0 Å². The molecule has 1 fully saturated rings. The van der Waals surface area contributed by atoms with E-state index in [0.717, 1.165) is 11.8 Å². The third-order valence-corrected chi connectivity index (χ3v) is 4.11. The van der Waals surface area contributed by atoms with Gasteiger partial charge in [-0.2, -0.15) is 0 Å². The van der Waals surface area contributed by atoms with Gasteiger partial charge in [-0.05, 0) is 24.3 Å². The van der Waals surface area contributed by atoms with Crippen molar-refractivity contribution in [3.8, 4) is 0 Å². The summed E-state index contributed by atoms with van der Waals surface area (Å²) in [6.45, 7) is 0. The van der Waals surface area contributed by atoms with E-state index in [1.54, 1.807) is 24.3 Å². The minimum Gasteiger partial charge on any atom is -0.479 e. The average Bonchev–Trinajstić information content (AvgIpc) is 2.41. The molecular formula is C12H15NO6S. The van der Waals surface area contributed by atoms with Crippen LogP contribution in [0.5, 0.6) is 0 Å². The van der Waals surface area contributed by atoms with Crippen LogP contribution in [0.4, 0.5) is 5.69 Å². The van der Waals surface area contributed by atoms with Gasteiger partial charge in [-0.1, -0.05) is 11.8 Å². The molecule has 0 amide bonds. The lowest BCUT2D eigenvalue weighted by atomic mass is 10.0. The molecule has 20 heavy (non-hydrogen) atoms. The molecule has 0 unspecified atom stereocenters. The van der Waals surface area contributed by atoms with Gasteiger partial charge in [0.1, 0.15) is 23.7 Å².